The maximum absolute atomic E-state index is 13.5. The van der Waals surface area contributed by atoms with Gasteiger partial charge in [0.15, 0.2) is 5.15 Å². The van der Waals surface area contributed by atoms with Gasteiger partial charge in [-0.3, -0.25) is 10.1 Å². The highest BCUT2D eigenvalue weighted by atomic mass is 35.5. The summed E-state index contributed by atoms with van der Waals surface area (Å²) in [6.07, 6.45) is 3.75. The zero-order chi connectivity index (χ0) is 27.1. The zero-order valence-corrected chi connectivity index (χ0v) is 21.8. The van der Waals surface area contributed by atoms with Crippen molar-refractivity contribution < 1.29 is 9.53 Å². The van der Waals surface area contributed by atoms with Gasteiger partial charge in [-0.2, -0.15) is 4.68 Å². The first kappa shape index (κ1) is 24.8. The van der Waals surface area contributed by atoms with Gasteiger partial charge in [0, 0.05) is 34.1 Å². The molecule has 0 aliphatic carbocycles. The first-order valence-corrected chi connectivity index (χ1v) is 12.5. The number of tetrazole rings is 1. The van der Waals surface area contributed by atoms with Gasteiger partial charge in [-0.25, -0.2) is 14.8 Å². The number of hydrogen-bond donors (Lipinski definition) is 2. The number of aromatic amines is 1. The minimum absolute atomic E-state index is 0.181. The number of pyridine rings is 2. The molecule has 0 fully saturated rings. The lowest BCUT2D eigenvalue weighted by molar-refractivity contribution is 0.187. The molecule has 0 radical (unpaired) electrons. The number of halogens is 2. The van der Waals surface area contributed by atoms with Crippen LogP contribution in [0.5, 0.6) is 0 Å². The number of H-pyrrole nitrogens is 1. The molecule has 39 heavy (non-hydrogen) atoms. The van der Waals surface area contributed by atoms with Crippen LogP contribution in [0.4, 0.5) is 10.6 Å². The molecule has 0 bridgehead atoms. The number of aromatic nitrogens is 8. The van der Waals surface area contributed by atoms with E-state index in [1.807, 2.05) is 6.07 Å². The number of methoxy groups -OCH3 is 1. The predicted molar refractivity (Wildman–Crippen MR) is 143 cm³/mol. The molecule has 4 aromatic heterocycles. The maximum atomic E-state index is 13.5. The second-order valence-electron chi connectivity index (χ2n) is 8.75. The number of nitrogens with one attached hydrogen (secondary N) is 2. The van der Waals surface area contributed by atoms with Gasteiger partial charge in [0.05, 0.1) is 24.5 Å². The topological polar surface area (TPSA) is 146 Å². The lowest BCUT2D eigenvalue weighted by atomic mass is 10.0. The highest BCUT2D eigenvalue weighted by molar-refractivity contribution is 6.31. The zero-order valence-electron chi connectivity index (χ0n) is 20.3. The molecule has 1 amide bonds. The summed E-state index contributed by atoms with van der Waals surface area (Å²) in [5, 5.41) is 14.7. The maximum Gasteiger partial charge on any atom is 0.412 e. The number of amides is 1. The summed E-state index contributed by atoms with van der Waals surface area (Å²) >= 11 is 12.8. The number of hydrogen-bond acceptors (Lipinski definition) is 8. The van der Waals surface area contributed by atoms with Gasteiger partial charge < -0.3 is 14.3 Å². The number of carbonyl (C=O) groups is 1. The van der Waals surface area contributed by atoms with E-state index in [4.69, 9.17) is 23.2 Å². The summed E-state index contributed by atoms with van der Waals surface area (Å²) in [6.45, 7) is 0. The van der Waals surface area contributed by atoms with Gasteiger partial charge in [0.1, 0.15) is 18.0 Å². The Morgan fingerprint density at radius 1 is 1.15 bits per heavy atom. The molecular weight excluding hydrogens is 545 g/mol. The molecule has 1 aliphatic heterocycles. The molecule has 14 heteroatoms. The first-order valence-electron chi connectivity index (χ1n) is 11.8. The molecule has 1 aromatic carbocycles. The Labute approximate surface area is 230 Å². The number of rotatable bonds is 5. The van der Waals surface area contributed by atoms with Crippen molar-refractivity contribution in [1.29, 1.82) is 0 Å². The lowest BCUT2D eigenvalue weighted by Gasteiger charge is -2.15. The summed E-state index contributed by atoms with van der Waals surface area (Å²) in [7, 11) is 1.27. The quantitative estimate of drug-likeness (QED) is 0.322. The summed E-state index contributed by atoms with van der Waals surface area (Å²) in [6, 6.07) is 11.9. The largest absolute Gasteiger partial charge is 0.453 e. The number of fused-ring (bicyclic) bond motifs is 1. The van der Waals surface area contributed by atoms with Crippen LogP contribution < -0.4 is 10.9 Å². The van der Waals surface area contributed by atoms with Crippen molar-refractivity contribution in [2.45, 2.75) is 18.9 Å². The first-order chi connectivity index (χ1) is 18.9. The molecule has 1 aliphatic rings. The van der Waals surface area contributed by atoms with Crippen molar-refractivity contribution in [2.75, 3.05) is 12.4 Å². The molecule has 0 unspecified atom stereocenters. The molecule has 5 heterocycles. The summed E-state index contributed by atoms with van der Waals surface area (Å²) in [5.41, 5.74) is 4.12. The minimum atomic E-state index is -0.617. The molecule has 0 spiro atoms. The molecule has 6 rings (SSSR count). The van der Waals surface area contributed by atoms with Crippen molar-refractivity contribution in [1.82, 2.24) is 39.7 Å². The van der Waals surface area contributed by atoms with Crippen LogP contribution in [0.25, 0.3) is 28.2 Å². The second kappa shape index (κ2) is 9.97. The number of carbonyl (C=O) groups excluding carboxylic acids is 1. The molecule has 2 N–H and O–H groups in total. The van der Waals surface area contributed by atoms with E-state index in [9.17, 15) is 9.59 Å². The van der Waals surface area contributed by atoms with E-state index in [-0.39, 0.29) is 16.8 Å². The van der Waals surface area contributed by atoms with E-state index >= 15 is 0 Å². The van der Waals surface area contributed by atoms with E-state index < -0.39 is 6.09 Å². The minimum Gasteiger partial charge on any atom is -0.453 e. The number of anilines is 1. The van der Waals surface area contributed by atoms with Gasteiger partial charge in [-0.05, 0) is 65.2 Å². The fourth-order valence-corrected chi connectivity index (χ4v) is 5.15. The molecule has 0 saturated heterocycles. The van der Waals surface area contributed by atoms with Crippen LogP contribution >= 0.6 is 23.2 Å². The normalized spacial score (nSPS) is 14.3. The Bertz CT molecular complexity index is 1750. The fourth-order valence-electron chi connectivity index (χ4n) is 4.72. The van der Waals surface area contributed by atoms with Gasteiger partial charge in [0.25, 0.3) is 5.56 Å². The SMILES string of the molecule is COC(=O)Nc1ccc(-c2nc(Cl)c([C@@H]3CCc4cc(-c5cc(Cl)ccc5-n5cnnn5)cc(=O)n43)[nH]2)cn1. The van der Waals surface area contributed by atoms with Crippen molar-refractivity contribution in [3.05, 3.63) is 86.9 Å². The van der Waals surface area contributed by atoms with Crippen molar-refractivity contribution in [2.24, 2.45) is 0 Å². The summed E-state index contributed by atoms with van der Waals surface area (Å²) < 4.78 is 7.83. The highest BCUT2D eigenvalue weighted by Crippen LogP contribution is 2.37. The molecule has 5 aromatic rings. The molecule has 1 atom stereocenters. The fraction of sp³-hybridized carbons (Fsp3) is 0.160. The van der Waals surface area contributed by atoms with Gasteiger partial charge >= 0.3 is 6.09 Å². The van der Waals surface area contributed by atoms with Crippen molar-refractivity contribution in [3.8, 4) is 28.2 Å². The number of imidazole rings is 1. The summed E-state index contributed by atoms with van der Waals surface area (Å²) in [4.78, 5) is 36.8. The van der Waals surface area contributed by atoms with E-state index in [1.54, 1.807) is 47.2 Å². The van der Waals surface area contributed by atoms with Crippen molar-refractivity contribution in [3.63, 3.8) is 0 Å². The number of benzene rings is 1. The second-order valence-corrected chi connectivity index (χ2v) is 9.55. The molecule has 12 nitrogen and oxygen atoms in total. The molecular formula is C25H19Cl2N9O3. The van der Waals surface area contributed by atoms with E-state index in [2.05, 4.69) is 40.5 Å². The predicted octanol–water partition coefficient (Wildman–Crippen LogP) is 4.30. The van der Waals surface area contributed by atoms with Gasteiger partial charge in [-0.1, -0.05) is 23.2 Å². The van der Waals surface area contributed by atoms with Crippen LogP contribution in [0.2, 0.25) is 10.2 Å². The number of nitrogens with zero attached hydrogens (tertiary/aromatic N) is 7. The average molecular weight is 564 g/mol. The van der Waals surface area contributed by atoms with Crippen LogP contribution in [0.3, 0.4) is 0 Å². The lowest BCUT2D eigenvalue weighted by Crippen LogP contribution is -2.23. The third-order valence-electron chi connectivity index (χ3n) is 6.47. The number of ether oxygens (including phenoxy) is 1. The Morgan fingerprint density at radius 2 is 2.03 bits per heavy atom. The van der Waals surface area contributed by atoms with E-state index in [0.717, 1.165) is 11.3 Å². The molecule has 196 valence electrons. The Morgan fingerprint density at radius 3 is 2.77 bits per heavy atom. The van der Waals surface area contributed by atoms with Crippen LogP contribution in [0.15, 0.2) is 59.8 Å². The third-order valence-corrected chi connectivity index (χ3v) is 6.99. The van der Waals surface area contributed by atoms with Gasteiger partial charge in [-0.15, -0.1) is 5.10 Å². The third kappa shape index (κ3) is 4.64. The summed E-state index contributed by atoms with van der Waals surface area (Å²) in [5.74, 6) is 0.828. The Hall–Kier alpha value is -4.55. The van der Waals surface area contributed by atoms with Crippen molar-refractivity contribution >= 4 is 35.1 Å². The standard InChI is InChI=1S/C25H19Cl2N9O3/c1-39-25(38)30-20-7-2-13(11-28-20)24-31-22(23(27)32-24)19-6-4-16-8-14(9-21(37)36(16)19)17-10-15(26)3-5-18(17)35-12-29-33-34-35/h2-3,5,7-12,19H,4,6H2,1H3,(H,31,32)(H,28,30,38)/t19-/m0/s1. The van der Waals surface area contributed by atoms with E-state index in [0.29, 0.717) is 52.0 Å². The van der Waals surface area contributed by atoms with E-state index in [1.165, 1.54) is 18.1 Å². The Kier molecular flexibility index (Phi) is 6.33. The van der Waals surface area contributed by atoms with Crippen LogP contribution in [-0.4, -0.2) is 52.9 Å². The highest BCUT2D eigenvalue weighted by Gasteiger charge is 2.29. The monoisotopic (exact) mass is 563 g/mol. The number of aryl methyl sites for hydroxylation is 1. The molecule has 0 saturated carbocycles. The van der Waals surface area contributed by atoms with Crippen LogP contribution in [0, 0.1) is 0 Å². The Balaban J connectivity index is 1.33. The average Bonchev–Trinajstić information content (AvgIpc) is 3.69. The van der Waals surface area contributed by atoms with Crippen LogP contribution in [-0.2, 0) is 11.2 Å². The smallest absolute Gasteiger partial charge is 0.412 e. The van der Waals surface area contributed by atoms with Crippen LogP contribution in [0.1, 0.15) is 23.9 Å². The van der Waals surface area contributed by atoms with Gasteiger partial charge in [0.2, 0.25) is 0 Å².